The number of carbonyl (C=O) groups is 1. The van der Waals surface area contributed by atoms with Crippen molar-refractivity contribution in [3.63, 3.8) is 0 Å². The molecule has 22 heavy (non-hydrogen) atoms. The standard InChI is InChI=1S/C12H9FN4O4S/c1-22(20,21)11-7(12(18)19)6-15-17(11)9-3-2-8(13)10-14-4-5-16(9)10/h2-6H,1H3,(H,18,19). The number of hydrogen-bond acceptors (Lipinski definition) is 5. The molecule has 0 fully saturated rings. The van der Waals surface area contributed by atoms with Crippen molar-refractivity contribution in [2.45, 2.75) is 5.03 Å². The topological polar surface area (TPSA) is 107 Å². The van der Waals surface area contributed by atoms with Gasteiger partial charge in [0.25, 0.3) is 0 Å². The average molecular weight is 324 g/mol. The third kappa shape index (κ3) is 2.04. The number of sulfone groups is 1. The maximum Gasteiger partial charge on any atom is 0.340 e. The van der Waals surface area contributed by atoms with E-state index in [4.69, 9.17) is 5.11 Å². The smallest absolute Gasteiger partial charge is 0.340 e. The Morgan fingerprint density at radius 1 is 1.36 bits per heavy atom. The number of carboxylic acid groups (broad SMARTS) is 1. The van der Waals surface area contributed by atoms with Gasteiger partial charge in [-0.2, -0.15) is 5.10 Å². The van der Waals surface area contributed by atoms with E-state index in [0.29, 0.717) is 0 Å². The zero-order chi connectivity index (χ0) is 16.1. The van der Waals surface area contributed by atoms with Gasteiger partial charge in [0.05, 0.1) is 6.20 Å². The van der Waals surface area contributed by atoms with E-state index in [1.165, 1.54) is 22.9 Å². The van der Waals surface area contributed by atoms with Gasteiger partial charge < -0.3 is 5.11 Å². The van der Waals surface area contributed by atoms with Crippen molar-refractivity contribution in [3.05, 3.63) is 42.1 Å². The number of pyridine rings is 1. The second-order valence-electron chi connectivity index (χ2n) is 4.51. The summed E-state index contributed by atoms with van der Waals surface area (Å²) in [6.07, 6.45) is 4.57. The van der Waals surface area contributed by atoms with Crippen molar-refractivity contribution in [1.82, 2.24) is 19.2 Å². The molecule has 114 valence electrons. The number of aromatic nitrogens is 4. The minimum atomic E-state index is -3.88. The molecule has 10 heteroatoms. The minimum absolute atomic E-state index is 0.0238. The van der Waals surface area contributed by atoms with Gasteiger partial charge in [0, 0.05) is 18.6 Å². The summed E-state index contributed by atoms with van der Waals surface area (Å²) >= 11 is 0. The minimum Gasteiger partial charge on any atom is -0.478 e. The van der Waals surface area contributed by atoms with E-state index in [0.717, 1.165) is 23.2 Å². The number of fused-ring (bicyclic) bond motifs is 1. The molecule has 0 amide bonds. The average Bonchev–Trinajstić information content (AvgIpc) is 3.05. The molecule has 0 radical (unpaired) electrons. The highest BCUT2D eigenvalue weighted by atomic mass is 32.2. The van der Waals surface area contributed by atoms with Gasteiger partial charge in [0.1, 0.15) is 11.4 Å². The third-order valence-corrected chi connectivity index (χ3v) is 4.10. The van der Waals surface area contributed by atoms with Crippen LogP contribution >= 0.6 is 0 Å². The lowest BCUT2D eigenvalue weighted by molar-refractivity contribution is 0.0692. The molecule has 3 heterocycles. The lowest BCUT2D eigenvalue weighted by atomic mass is 10.4. The van der Waals surface area contributed by atoms with Gasteiger partial charge in [-0.3, -0.25) is 4.40 Å². The molecule has 3 aromatic heterocycles. The fraction of sp³-hybridized carbons (Fsp3) is 0.0833. The molecule has 0 unspecified atom stereocenters. The first-order valence-electron chi connectivity index (χ1n) is 5.94. The molecular weight excluding hydrogens is 315 g/mol. The second kappa shape index (κ2) is 4.63. The van der Waals surface area contributed by atoms with Crippen LogP contribution in [0.4, 0.5) is 4.39 Å². The van der Waals surface area contributed by atoms with Gasteiger partial charge in [-0.15, -0.1) is 0 Å². The maximum absolute atomic E-state index is 13.7. The summed E-state index contributed by atoms with van der Waals surface area (Å²) in [5.74, 6) is -1.86. The Kier molecular flexibility index (Phi) is 2.99. The van der Waals surface area contributed by atoms with E-state index in [2.05, 4.69) is 10.1 Å². The van der Waals surface area contributed by atoms with Crippen LogP contribution in [0, 0.1) is 5.82 Å². The zero-order valence-corrected chi connectivity index (χ0v) is 12.0. The van der Waals surface area contributed by atoms with Gasteiger partial charge in [0.2, 0.25) is 0 Å². The van der Waals surface area contributed by atoms with Crippen LogP contribution < -0.4 is 0 Å². The number of carboxylic acids is 1. The molecule has 0 aliphatic heterocycles. The van der Waals surface area contributed by atoms with Crippen LogP contribution in [0.25, 0.3) is 11.5 Å². The lowest BCUT2D eigenvalue weighted by Gasteiger charge is -2.09. The molecule has 1 N–H and O–H groups in total. The van der Waals surface area contributed by atoms with Crippen molar-refractivity contribution < 1.29 is 22.7 Å². The van der Waals surface area contributed by atoms with E-state index < -0.39 is 32.2 Å². The largest absolute Gasteiger partial charge is 0.478 e. The summed E-state index contributed by atoms with van der Waals surface area (Å²) in [7, 11) is -3.88. The fourth-order valence-electron chi connectivity index (χ4n) is 2.14. The van der Waals surface area contributed by atoms with Crippen LogP contribution in [-0.4, -0.2) is 44.9 Å². The molecule has 0 saturated heterocycles. The number of nitrogens with zero attached hydrogens (tertiary/aromatic N) is 4. The summed E-state index contributed by atoms with van der Waals surface area (Å²) in [6.45, 7) is 0. The summed E-state index contributed by atoms with van der Waals surface area (Å²) in [6, 6.07) is 2.39. The van der Waals surface area contributed by atoms with Gasteiger partial charge in [-0.05, 0) is 12.1 Å². The second-order valence-corrected chi connectivity index (χ2v) is 6.44. The number of rotatable bonds is 3. The molecule has 8 nitrogen and oxygen atoms in total. The highest BCUT2D eigenvalue weighted by Gasteiger charge is 2.26. The Bertz CT molecular complexity index is 1010. The molecule has 0 saturated carbocycles. The van der Waals surface area contributed by atoms with E-state index >= 15 is 0 Å². The molecule has 0 bridgehead atoms. The molecule has 3 aromatic rings. The lowest BCUT2D eigenvalue weighted by Crippen LogP contribution is -2.14. The van der Waals surface area contributed by atoms with E-state index in [-0.39, 0.29) is 11.5 Å². The van der Waals surface area contributed by atoms with Crippen molar-refractivity contribution >= 4 is 21.5 Å². The Morgan fingerprint density at radius 3 is 2.73 bits per heavy atom. The fourth-order valence-corrected chi connectivity index (χ4v) is 3.14. The normalized spacial score (nSPS) is 11.9. The first-order chi connectivity index (χ1) is 10.3. The Balaban J connectivity index is 2.40. The van der Waals surface area contributed by atoms with E-state index in [9.17, 15) is 17.6 Å². The first kappa shape index (κ1) is 14.2. The van der Waals surface area contributed by atoms with Crippen LogP contribution in [0.2, 0.25) is 0 Å². The van der Waals surface area contributed by atoms with Gasteiger partial charge in [0.15, 0.2) is 26.3 Å². The highest BCUT2D eigenvalue weighted by Crippen LogP contribution is 2.22. The SMILES string of the molecule is CS(=O)(=O)c1c(C(=O)O)cnn1-c1ccc(F)c2nccn12. The highest BCUT2D eigenvalue weighted by molar-refractivity contribution is 7.90. The molecule has 0 aliphatic carbocycles. The van der Waals surface area contributed by atoms with Crippen molar-refractivity contribution in [2.24, 2.45) is 0 Å². The molecular formula is C12H9FN4O4S. The number of imidazole rings is 1. The van der Waals surface area contributed by atoms with Crippen molar-refractivity contribution in [1.29, 1.82) is 0 Å². The van der Waals surface area contributed by atoms with Gasteiger partial charge in [-0.1, -0.05) is 0 Å². The van der Waals surface area contributed by atoms with Crippen LogP contribution in [0.15, 0.2) is 35.7 Å². The molecule has 3 rings (SSSR count). The van der Waals surface area contributed by atoms with E-state index in [1.54, 1.807) is 0 Å². The quantitative estimate of drug-likeness (QED) is 0.762. The van der Waals surface area contributed by atoms with Crippen LogP contribution in [-0.2, 0) is 9.84 Å². The van der Waals surface area contributed by atoms with Crippen LogP contribution in [0.1, 0.15) is 10.4 Å². The third-order valence-electron chi connectivity index (χ3n) is 3.00. The molecule has 0 aliphatic rings. The Labute approximate surface area is 123 Å². The summed E-state index contributed by atoms with van der Waals surface area (Å²) in [5, 5.41) is 12.4. The Morgan fingerprint density at radius 2 is 2.09 bits per heavy atom. The first-order valence-corrected chi connectivity index (χ1v) is 7.83. The predicted octanol–water partition coefficient (Wildman–Crippen LogP) is 0.761. The maximum atomic E-state index is 13.7. The molecule has 0 aromatic carbocycles. The number of aromatic carboxylic acids is 1. The summed E-state index contributed by atoms with van der Waals surface area (Å²) in [5.41, 5.74) is -0.482. The summed E-state index contributed by atoms with van der Waals surface area (Å²) < 4.78 is 39.7. The van der Waals surface area contributed by atoms with Crippen LogP contribution in [0.5, 0.6) is 0 Å². The molecule has 0 atom stereocenters. The van der Waals surface area contributed by atoms with Crippen molar-refractivity contribution in [2.75, 3.05) is 6.26 Å². The van der Waals surface area contributed by atoms with Crippen LogP contribution in [0.3, 0.4) is 0 Å². The van der Waals surface area contributed by atoms with E-state index in [1.807, 2.05) is 0 Å². The van der Waals surface area contributed by atoms with Crippen molar-refractivity contribution in [3.8, 4) is 5.82 Å². The number of halogens is 1. The zero-order valence-electron chi connectivity index (χ0n) is 11.1. The monoisotopic (exact) mass is 324 g/mol. The molecule has 0 spiro atoms. The Hall–Kier alpha value is -2.75. The predicted molar refractivity (Wildman–Crippen MR) is 72.3 cm³/mol. The van der Waals surface area contributed by atoms with Gasteiger partial charge in [-0.25, -0.2) is 27.3 Å². The summed E-state index contributed by atoms with van der Waals surface area (Å²) in [4.78, 5) is 15.0. The number of hydrogen-bond donors (Lipinski definition) is 1. The van der Waals surface area contributed by atoms with Gasteiger partial charge >= 0.3 is 5.97 Å².